The molecule has 7 heteroatoms. The topological polar surface area (TPSA) is 79.7 Å². The van der Waals surface area contributed by atoms with Gasteiger partial charge in [0, 0.05) is 5.56 Å². The molecule has 1 saturated heterocycles. The average Bonchev–Trinajstić information content (AvgIpc) is 3.46. The highest BCUT2D eigenvalue weighted by atomic mass is 16.1. The van der Waals surface area contributed by atoms with Gasteiger partial charge >= 0.3 is 0 Å². The molecule has 0 bridgehead atoms. The second-order valence-electron chi connectivity index (χ2n) is 8.67. The second-order valence-corrected chi connectivity index (χ2v) is 8.67. The minimum atomic E-state index is -0.206. The number of pyridine rings is 1. The fourth-order valence-corrected chi connectivity index (χ4v) is 5.20. The van der Waals surface area contributed by atoms with Crippen LogP contribution in [0, 0.1) is 13.8 Å². The van der Waals surface area contributed by atoms with Crippen molar-refractivity contribution >= 4 is 10.9 Å². The number of hydrogen-bond donors (Lipinski definition) is 1. The molecule has 5 rings (SSSR count). The number of nitrogens with zero attached hydrogens (tertiary/aromatic N) is 5. The van der Waals surface area contributed by atoms with Gasteiger partial charge < -0.3 is 4.98 Å². The van der Waals surface area contributed by atoms with Crippen LogP contribution < -0.4 is 5.56 Å². The fourth-order valence-electron chi connectivity index (χ4n) is 5.20. The van der Waals surface area contributed by atoms with Gasteiger partial charge in [0.05, 0.1) is 11.6 Å². The molecular formula is C22H28N6O. The van der Waals surface area contributed by atoms with E-state index < -0.39 is 0 Å². The van der Waals surface area contributed by atoms with Crippen LogP contribution in [0.2, 0.25) is 0 Å². The first kappa shape index (κ1) is 18.5. The molecule has 29 heavy (non-hydrogen) atoms. The molecule has 1 aromatic carbocycles. The molecule has 1 N–H and O–H groups in total. The van der Waals surface area contributed by atoms with Crippen molar-refractivity contribution in [2.24, 2.45) is 0 Å². The van der Waals surface area contributed by atoms with Crippen molar-refractivity contribution in [3.05, 3.63) is 51.1 Å². The summed E-state index contributed by atoms with van der Waals surface area (Å²) in [6.45, 7) is 6.07. The van der Waals surface area contributed by atoms with Crippen molar-refractivity contribution in [3.63, 3.8) is 0 Å². The van der Waals surface area contributed by atoms with E-state index in [4.69, 9.17) is 0 Å². The van der Waals surface area contributed by atoms with Gasteiger partial charge in [0.1, 0.15) is 6.04 Å². The summed E-state index contributed by atoms with van der Waals surface area (Å²) in [6, 6.07) is 6.45. The van der Waals surface area contributed by atoms with Gasteiger partial charge in [-0.15, -0.1) is 5.10 Å². The van der Waals surface area contributed by atoms with E-state index in [9.17, 15) is 4.79 Å². The summed E-state index contributed by atoms with van der Waals surface area (Å²) in [4.78, 5) is 18.8. The van der Waals surface area contributed by atoms with Gasteiger partial charge in [-0.2, -0.15) is 0 Å². The quantitative estimate of drug-likeness (QED) is 0.736. The number of aryl methyl sites for hydroxylation is 2. The number of nitrogens with one attached hydrogen (secondary N) is 1. The highest BCUT2D eigenvalue weighted by Crippen LogP contribution is 2.35. The zero-order valence-electron chi connectivity index (χ0n) is 17.2. The van der Waals surface area contributed by atoms with Gasteiger partial charge in [-0.1, -0.05) is 24.5 Å². The predicted octanol–water partition coefficient (Wildman–Crippen LogP) is 3.43. The number of H-pyrrole nitrogens is 1. The fraction of sp³-hybridized carbons (Fsp3) is 0.545. The largest absolute Gasteiger partial charge is 0.321 e. The molecule has 1 unspecified atom stereocenters. The SMILES string of the molecule is Cc1cc(C)c2[nH]c(=O)c(C(c3nnnn3C3CCCC3)N3CCCC3)cc2c1. The molecule has 1 atom stereocenters. The van der Waals surface area contributed by atoms with E-state index in [-0.39, 0.29) is 11.6 Å². The third-order valence-electron chi connectivity index (χ3n) is 6.56. The van der Waals surface area contributed by atoms with Gasteiger partial charge in [-0.25, -0.2) is 4.68 Å². The highest BCUT2D eigenvalue weighted by Gasteiger charge is 2.34. The smallest absolute Gasteiger partial charge is 0.253 e. The van der Waals surface area contributed by atoms with Gasteiger partial charge in [-0.3, -0.25) is 9.69 Å². The predicted molar refractivity (Wildman–Crippen MR) is 112 cm³/mol. The van der Waals surface area contributed by atoms with Crippen LogP contribution in [0.4, 0.5) is 0 Å². The Kier molecular flexibility index (Phi) is 4.70. The van der Waals surface area contributed by atoms with Crippen molar-refractivity contribution < 1.29 is 0 Å². The van der Waals surface area contributed by atoms with Gasteiger partial charge in [0.2, 0.25) is 0 Å². The maximum Gasteiger partial charge on any atom is 0.253 e. The molecule has 0 amide bonds. The monoisotopic (exact) mass is 392 g/mol. The lowest BCUT2D eigenvalue weighted by Crippen LogP contribution is -2.34. The normalized spacial score (nSPS) is 19.4. The summed E-state index contributed by atoms with van der Waals surface area (Å²) in [5.74, 6) is 0.813. The number of benzene rings is 1. The van der Waals surface area contributed by atoms with Crippen LogP contribution in [0.25, 0.3) is 10.9 Å². The van der Waals surface area contributed by atoms with Crippen molar-refractivity contribution in [2.45, 2.75) is 64.5 Å². The zero-order chi connectivity index (χ0) is 20.0. The minimum absolute atomic E-state index is 0.0395. The number of rotatable bonds is 4. The third-order valence-corrected chi connectivity index (χ3v) is 6.56. The molecule has 1 saturated carbocycles. The van der Waals surface area contributed by atoms with Crippen LogP contribution in [0.3, 0.4) is 0 Å². The van der Waals surface area contributed by atoms with Crippen molar-refractivity contribution in [1.82, 2.24) is 30.1 Å². The molecule has 2 aliphatic rings. The summed E-state index contributed by atoms with van der Waals surface area (Å²) in [7, 11) is 0. The average molecular weight is 393 g/mol. The van der Waals surface area contributed by atoms with E-state index in [1.807, 2.05) is 11.6 Å². The summed E-state index contributed by atoms with van der Waals surface area (Å²) < 4.78 is 2.00. The first-order valence-corrected chi connectivity index (χ1v) is 10.8. The van der Waals surface area contributed by atoms with Gasteiger partial charge in [0.25, 0.3) is 5.56 Å². The summed E-state index contributed by atoms with van der Waals surface area (Å²) >= 11 is 0. The van der Waals surface area contributed by atoms with Crippen LogP contribution in [-0.4, -0.2) is 43.2 Å². The van der Waals surface area contributed by atoms with E-state index in [0.29, 0.717) is 6.04 Å². The Bertz CT molecular complexity index is 1090. The summed E-state index contributed by atoms with van der Waals surface area (Å²) in [5, 5.41) is 13.9. The molecule has 7 nitrogen and oxygen atoms in total. The Morgan fingerprint density at radius 1 is 1.07 bits per heavy atom. The van der Waals surface area contributed by atoms with Crippen LogP contribution in [-0.2, 0) is 0 Å². The lowest BCUT2D eigenvalue weighted by atomic mass is 10.0. The maximum atomic E-state index is 13.2. The van der Waals surface area contributed by atoms with E-state index in [1.54, 1.807) is 0 Å². The molecular weight excluding hydrogens is 364 g/mol. The van der Waals surface area contributed by atoms with Crippen LogP contribution in [0.1, 0.15) is 73.1 Å². The van der Waals surface area contributed by atoms with Crippen LogP contribution in [0.15, 0.2) is 23.0 Å². The number of hydrogen-bond acceptors (Lipinski definition) is 5. The maximum absolute atomic E-state index is 13.2. The number of aromatic amines is 1. The van der Waals surface area contributed by atoms with Crippen molar-refractivity contribution in [1.29, 1.82) is 0 Å². The van der Waals surface area contributed by atoms with Crippen molar-refractivity contribution in [3.8, 4) is 0 Å². The van der Waals surface area contributed by atoms with Crippen molar-refractivity contribution in [2.75, 3.05) is 13.1 Å². The first-order chi connectivity index (χ1) is 14.1. The van der Waals surface area contributed by atoms with E-state index in [1.165, 1.54) is 18.4 Å². The lowest BCUT2D eigenvalue weighted by molar-refractivity contribution is 0.256. The third kappa shape index (κ3) is 3.27. The number of fused-ring (bicyclic) bond motifs is 1. The molecule has 3 heterocycles. The van der Waals surface area contributed by atoms with E-state index in [2.05, 4.69) is 50.5 Å². The number of aromatic nitrogens is 5. The molecule has 1 aliphatic carbocycles. The lowest BCUT2D eigenvalue weighted by Gasteiger charge is -2.27. The molecule has 0 spiro atoms. The standard InChI is InChI=1S/C22H28N6O/c1-14-11-15(2)19-16(12-14)13-18(22(29)23-19)20(27-9-5-6-10-27)21-24-25-26-28(21)17-7-3-4-8-17/h11-13,17,20H,3-10H2,1-2H3,(H,23,29). The molecule has 2 fully saturated rings. The number of likely N-dealkylation sites (tertiary alicyclic amines) is 1. The highest BCUT2D eigenvalue weighted by molar-refractivity contribution is 5.83. The first-order valence-electron chi connectivity index (χ1n) is 10.8. The molecule has 152 valence electrons. The minimum Gasteiger partial charge on any atom is -0.321 e. The van der Waals surface area contributed by atoms with E-state index in [0.717, 1.165) is 66.6 Å². The number of tetrazole rings is 1. The van der Waals surface area contributed by atoms with E-state index >= 15 is 0 Å². The second kappa shape index (κ2) is 7.37. The van der Waals surface area contributed by atoms with Gasteiger partial charge in [-0.05, 0) is 86.1 Å². The van der Waals surface area contributed by atoms with Gasteiger partial charge in [0.15, 0.2) is 5.82 Å². The van der Waals surface area contributed by atoms with Crippen LogP contribution in [0.5, 0.6) is 0 Å². The molecule has 3 aromatic rings. The Labute approximate surface area is 170 Å². The molecule has 1 aliphatic heterocycles. The Morgan fingerprint density at radius 3 is 2.59 bits per heavy atom. The van der Waals surface area contributed by atoms with Crippen LogP contribution >= 0.6 is 0 Å². The Hall–Kier alpha value is -2.54. The molecule has 0 radical (unpaired) electrons. The zero-order valence-corrected chi connectivity index (χ0v) is 17.2. The Balaban J connectivity index is 1.68. The summed E-state index contributed by atoms with van der Waals surface area (Å²) in [5.41, 5.74) is 3.92. The summed E-state index contributed by atoms with van der Waals surface area (Å²) in [6.07, 6.45) is 6.94. The molecule has 2 aromatic heterocycles. The Morgan fingerprint density at radius 2 is 1.83 bits per heavy atom.